The lowest BCUT2D eigenvalue weighted by Gasteiger charge is -2.10. The number of thiazole rings is 1. The molecule has 0 saturated heterocycles. The standard InChI is InChI=1S/C18H23N3OS/c1-4-9-19-13(2)10-14-11-21-16(12-23-18(21)20-14)15-7-5-6-8-17(15)22-3/h5-8,11-13,19H,4,9-10H2,1-3H3. The smallest absolute Gasteiger partial charge is 0.194 e. The molecule has 4 nitrogen and oxygen atoms in total. The molecule has 0 amide bonds. The van der Waals surface area contributed by atoms with Gasteiger partial charge in [0.25, 0.3) is 0 Å². The van der Waals surface area contributed by atoms with Crippen LogP contribution in [0.15, 0.2) is 35.8 Å². The van der Waals surface area contributed by atoms with Crippen molar-refractivity contribution >= 4 is 16.3 Å². The van der Waals surface area contributed by atoms with Gasteiger partial charge in [-0.05, 0) is 32.0 Å². The molecule has 0 aliphatic carbocycles. The number of hydrogen-bond acceptors (Lipinski definition) is 4. The fourth-order valence-electron chi connectivity index (χ4n) is 2.76. The molecule has 1 unspecified atom stereocenters. The van der Waals surface area contributed by atoms with E-state index in [9.17, 15) is 0 Å². The summed E-state index contributed by atoms with van der Waals surface area (Å²) in [6.07, 6.45) is 4.25. The van der Waals surface area contributed by atoms with Gasteiger partial charge in [-0.1, -0.05) is 19.1 Å². The van der Waals surface area contributed by atoms with Crippen LogP contribution in [0.4, 0.5) is 0 Å². The van der Waals surface area contributed by atoms with Gasteiger partial charge in [-0.3, -0.25) is 4.40 Å². The van der Waals surface area contributed by atoms with E-state index >= 15 is 0 Å². The maximum atomic E-state index is 5.49. The zero-order valence-corrected chi connectivity index (χ0v) is 14.7. The van der Waals surface area contributed by atoms with Crippen molar-refractivity contribution in [3.05, 3.63) is 41.5 Å². The average Bonchev–Trinajstić information content (AvgIpc) is 3.12. The number of ether oxygens (including phenoxy) is 1. The van der Waals surface area contributed by atoms with Gasteiger partial charge < -0.3 is 10.1 Å². The number of nitrogens with one attached hydrogen (secondary N) is 1. The van der Waals surface area contributed by atoms with Crippen LogP contribution >= 0.6 is 11.3 Å². The Balaban J connectivity index is 1.89. The van der Waals surface area contributed by atoms with Gasteiger partial charge in [0, 0.05) is 29.6 Å². The first-order chi connectivity index (χ1) is 11.2. The van der Waals surface area contributed by atoms with Crippen molar-refractivity contribution in [1.82, 2.24) is 14.7 Å². The molecule has 2 aromatic heterocycles. The van der Waals surface area contributed by atoms with Crippen LogP contribution in [0.1, 0.15) is 26.0 Å². The van der Waals surface area contributed by atoms with Crippen LogP contribution in [0.2, 0.25) is 0 Å². The van der Waals surface area contributed by atoms with E-state index in [0.717, 1.165) is 47.0 Å². The molecule has 3 aromatic rings. The zero-order valence-electron chi connectivity index (χ0n) is 13.9. The number of rotatable bonds is 7. The summed E-state index contributed by atoms with van der Waals surface area (Å²) in [6.45, 7) is 5.45. The summed E-state index contributed by atoms with van der Waals surface area (Å²) >= 11 is 1.67. The zero-order chi connectivity index (χ0) is 16.2. The molecule has 1 N–H and O–H groups in total. The third-order valence-corrected chi connectivity index (χ3v) is 4.74. The van der Waals surface area contributed by atoms with E-state index in [1.165, 1.54) is 0 Å². The van der Waals surface area contributed by atoms with Crippen LogP contribution in [0.25, 0.3) is 16.2 Å². The summed E-state index contributed by atoms with van der Waals surface area (Å²) in [5.41, 5.74) is 3.36. The quantitative estimate of drug-likeness (QED) is 0.712. The first-order valence-corrected chi connectivity index (χ1v) is 8.93. The highest BCUT2D eigenvalue weighted by molar-refractivity contribution is 7.15. The predicted molar refractivity (Wildman–Crippen MR) is 96.5 cm³/mol. The monoisotopic (exact) mass is 329 g/mol. The molecule has 0 aliphatic rings. The normalized spacial score (nSPS) is 12.7. The molecule has 23 heavy (non-hydrogen) atoms. The van der Waals surface area contributed by atoms with Crippen LogP contribution in [0.3, 0.4) is 0 Å². The molecular formula is C18H23N3OS. The maximum absolute atomic E-state index is 5.49. The van der Waals surface area contributed by atoms with E-state index in [0.29, 0.717) is 6.04 Å². The van der Waals surface area contributed by atoms with Gasteiger partial charge >= 0.3 is 0 Å². The molecule has 0 fully saturated rings. The molecule has 0 saturated carbocycles. The Labute approximate surface area is 141 Å². The van der Waals surface area contributed by atoms with E-state index in [4.69, 9.17) is 9.72 Å². The van der Waals surface area contributed by atoms with E-state index in [1.807, 2.05) is 18.2 Å². The Bertz CT molecular complexity index is 778. The predicted octanol–water partition coefficient (Wildman–Crippen LogP) is 4.00. The van der Waals surface area contributed by atoms with Crippen molar-refractivity contribution in [2.75, 3.05) is 13.7 Å². The largest absolute Gasteiger partial charge is 0.496 e. The fourth-order valence-corrected chi connectivity index (χ4v) is 3.65. The van der Waals surface area contributed by atoms with Crippen molar-refractivity contribution in [3.8, 4) is 17.0 Å². The molecule has 0 radical (unpaired) electrons. The molecule has 122 valence electrons. The Hall–Kier alpha value is -1.85. The SMILES string of the molecule is CCCNC(C)Cc1cn2c(-c3ccccc3OC)csc2n1. The number of para-hydroxylation sites is 1. The van der Waals surface area contributed by atoms with Crippen LogP contribution in [0, 0.1) is 0 Å². The lowest BCUT2D eigenvalue weighted by atomic mass is 10.1. The van der Waals surface area contributed by atoms with Gasteiger partial charge in [0.1, 0.15) is 5.75 Å². The minimum Gasteiger partial charge on any atom is -0.496 e. The Morgan fingerprint density at radius 3 is 2.96 bits per heavy atom. The number of hydrogen-bond donors (Lipinski definition) is 1. The van der Waals surface area contributed by atoms with Crippen molar-refractivity contribution in [3.63, 3.8) is 0 Å². The first kappa shape index (κ1) is 16.0. The summed E-state index contributed by atoms with van der Waals surface area (Å²) in [6, 6.07) is 8.55. The fraction of sp³-hybridized carbons (Fsp3) is 0.389. The summed E-state index contributed by atoms with van der Waals surface area (Å²) < 4.78 is 7.67. The molecule has 5 heteroatoms. The average molecular weight is 329 g/mol. The van der Waals surface area contributed by atoms with Gasteiger partial charge in [0.15, 0.2) is 4.96 Å². The van der Waals surface area contributed by atoms with Gasteiger partial charge in [0.05, 0.1) is 18.5 Å². The van der Waals surface area contributed by atoms with E-state index in [1.54, 1.807) is 18.4 Å². The van der Waals surface area contributed by atoms with Gasteiger partial charge in [-0.25, -0.2) is 4.98 Å². The van der Waals surface area contributed by atoms with Crippen LogP contribution in [0.5, 0.6) is 5.75 Å². The number of nitrogens with zero attached hydrogens (tertiary/aromatic N) is 2. The molecule has 2 heterocycles. The van der Waals surface area contributed by atoms with E-state index < -0.39 is 0 Å². The highest BCUT2D eigenvalue weighted by atomic mass is 32.1. The minimum atomic E-state index is 0.439. The van der Waals surface area contributed by atoms with Crippen molar-refractivity contribution in [1.29, 1.82) is 0 Å². The molecule has 3 rings (SSSR count). The summed E-state index contributed by atoms with van der Waals surface area (Å²) in [4.78, 5) is 5.79. The second-order valence-corrected chi connectivity index (χ2v) is 6.60. The van der Waals surface area contributed by atoms with E-state index in [-0.39, 0.29) is 0 Å². The molecule has 1 atom stereocenters. The Kier molecular flexibility index (Phi) is 4.98. The van der Waals surface area contributed by atoms with Gasteiger partial charge in [0.2, 0.25) is 0 Å². The summed E-state index contributed by atoms with van der Waals surface area (Å²) in [5, 5.41) is 5.66. The summed E-state index contributed by atoms with van der Waals surface area (Å²) in [7, 11) is 1.71. The van der Waals surface area contributed by atoms with Crippen LogP contribution in [-0.2, 0) is 6.42 Å². The van der Waals surface area contributed by atoms with Crippen molar-refractivity contribution in [2.45, 2.75) is 32.7 Å². The molecule has 0 spiro atoms. The highest BCUT2D eigenvalue weighted by Crippen LogP contribution is 2.33. The molecule has 1 aromatic carbocycles. The van der Waals surface area contributed by atoms with Crippen LogP contribution in [-0.4, -0.2) is 29.1 Å². The van der Waals surface area contributed by atoms with Crippen LogP contribution < -0.4 is 10.1 Å². The number of benzene rings is 1. The maximum Gasteiger partial charge on any atom is 0.194 e. The lowest BCUT2D eigenvalue weighted by molar-refractivity contribution is 0.416. The third-order valence-electron chi connectivity index (χ3n) is 3.90. The van der Waals surface area contributed by atoms with Gasteiger partial charge in [-0.2, -0.15) is 0 Å². The third kappa shape index (κ3) is 3.41. The number of methoxy groups -OCH3 is 1. The van der Waals surface area contributed by atoms with E-state index in [2.05, 4.69) is 41.2 Å². The minimum absolute atomic E-state index is 0.439. The highest BCUT2D eigenvalue weighted by Gasteiger charge is 2.14. The molecule has 0 bridgehead atoms. The number of imidazole rings is 1. The lowest BCUT2D eigenvalue weighted by Crippen LogP contribution is -2.28. The molecular weight excluding hydrogens is 306 g/mol. The topological polar surface area (TPSA) is 38.6 Å². The van der Waals surface area contributed by atoms with Crippen molar-refractivity contribution in [2.24, 2.45) is 0 Å². The first-order valence-electron chi connectivity index (χ1n) is 8.05. The van der Waals surface area contributed by atoms with Gasteiger partial charge in [-0.15, -0.1) is 11.3 Å². The van der Waals surface area contributed by atoms with Crippen molar-refractivity contribution < 1.29 is 4.74 Å². The second kappa shape index (κ2) is 7.15. The Morgan fingerprint density at radius 1 is 1.35 bits per heavy atom. The number of aromatic nitrogens is 2. The molecule has 0 aliphatic heterocycles. The second-order valence-electron chi connectivity index (χ2n) is 5.77. The summed E-state index contributed by atoms with van der Waals surface area (Å²) in [5.74, 6) is 0.889. The number of fused-ring (bicyclic) bond motifs is 1. The Morgan fingerprint density at radius 2 is 2.17 bits per heavy atom.